The molecule has 2 fully saturated rings. The fourth-order valence-corrected chi connectivity index (χ4v) is 3.21. The molecule has 6 heteroatoms. The van der Waals surface area contributed by atoms with Gasteiger partial charge in [0, 0.05) is 10.0 Å². The zero-order valence-corrected chi connectivity index (χ0v) is 11.4. The minimum absolute atomic E-state index is 0.291. The summed E-state index contributed by atoms with van der Waals surface area (Å²) in [6.45, 7) is 1.64. The summed E-state index contributed by atoms with van der Waals surface area (Å²) < 4.78 is 0. The molecule has 1 aromatic carbocycles. The Labute approximate surface area is 119 Å². The molecule has 4 nitrogen and oxygen atoms in total. The van der Waals surface area contributed by atoms with Crippen molar-refractivity contribution in [2.45, 2.75) is 13.3 Å². The van der Waals surface area contributed by atoms with Crippen LogP contribution in [0.25, 0.3) is 0 Å². The summed E-state index contributed by atoms with van der Waals surface area (Å²) in [5.74, 6) is -0.849. The van der Waals surface area contributed by atoms with E-state index in [0.717, 1.165) is 4.90 Å². The molecule has 2 unspecified atom stereocenters. The standard InChI is InChI=1S/C13H8Cl2N2O2/c1-12-5-13(12,6-16)11(19)17(10(12)18)9-3-7(14)2-8(15)4-9/h2-4H,5H2,1H3. The van der Waals surface area contributed by atoms with E-state index in [2.05, 4.69) is 0 Å². The van der Waals surface area contributed by atoms with Crippen molar-refractivity contribution in [2.24, 2.45) is 10.8 Å². The number of carbonyl (C=O) groups excluding carboxylic acids is 2. The zero-order valence-electron chi connectivity index (χ0n) is 9.91. The van der Waals surface area contributed by atoms with E-state index in [0.29, 0.717) is 22.2 Å². The van der Waals surface area contributed by atoms with Gasteiger partial charge in [0.15, 0.2) is 5.41 Å². The Morgan fingerprint density at radius 1 is 1.21 bits per heavy atom. The Kier molecular flexibility index (Phi) is 2.30. The number of piperidine rings is 1. The molecule has 1 aliphatic heterocycles. The zero-order chi connectivity index (χ0) is 14.0. The maximum absolute atomic E-state index is 12.3. The smallest absolute Gasteiger partial charge is 0.255 e. The molecule has 1 aliphatic carbocycles. The normalized spacial score (nSPS) is 32.2. The third-order valence-corrected chi connectivity index (χ3v) is 4.41. The molecule has 19 heavy (non-hydrogen) atoms. The number of hydrogen-bond donors (Lipinski definition) is 0. The SMILES string of the molecule is CC12CC1(C#N)C(=O)N(c1cc(Cl)cc(Cl)c1)C2=O. The highest BCUT2D eigenvalue weighted by Crippen LogP contribution is 2.69. The molecular weight excluding hydrogens is 287 g/mol. The number of nitriles is 1. The number of carbonyl (C=O) groups is 2. The number of fused-ring (bicyclic) bond motifs is 1. The minimum Gasteiger partial charge on any atom is -0.273 e. The number of anilines is 1. The summed E-state index contributed by atoms with van der Waals surface area (Å²) in [4.78, 5) is 25.7. The van der Waals surface area contributed by atoms with Gasteiger partial charge in [-0.15, -0.1) is 0 Å². The van der Waals surface area contributed by atoms with Gasteiger partial charge in [0.05, 0.1) is 17.2 Å². The van der Waals surface area contributed by atoms with E-state index in [1.54, 1.807) is 6.92 Å². The fraction of sp³-hybridized carbons (Fsp3) is 0.308. The lowest BCUT2D eigenvalue weighted by Gasteiger charge is -2.18. The molecule has 0 N–H and O–H groups in total. The van der Waals surface area contributed by atoms with Gasteiger partial charge in [0.2, 0.25) is 5.91 Å². The van der Waals surface area contributed by atoms with Crippen molar-refractivity contribution in [3.63, 3.8) is 0 Å². The summed E-state index contributed by atoms with van der Waals surface area (Å²) in [6, 6.07) is 6.48. The number of amides is 2. The summed E-state index contributed by atoms with van der Waals surface area (Å²) >= 11 is 11.8. The van der Waals surface area contributed by atoms with Crippen molar-refractivity contribution < 1.29 is 9.59 Å². The van der Waals surface area contributed by atoms with Gasteiger partial charge < -0.3 is 0 Å². The predicted octanol–water partition coefficient (Wildman–Crippen LogP) is 2.79. The third-order valence-electron chi connectivity index (χ3n) is 3.98. The van der Waals surface area contributed by atoms with Crippen molar-refractivity contribution >= 4 is 40.7 Å². The molecule has 2 atom stereocenters. The quantitative estimate of drug-likeness (QED) is 0.748. The largest absolute Gasteiger partial charge is 0.273 e. The van der Waals surface area contributed by atoms with Crippen LogP contribution < -0.4 is 4.90 Å². The second-order valence-electron chi connectivity index (χ2n) is 5.10. The van der Waals surface area contributed by atoms with Crippen LogP contribution in [0.1, 0.15) is 13.3 Å². The van der Waals surface area contributed by atoms with Gasteiger partial charge in [-0.1, -0.05) is 23.2 Å². The average molecular weight is 295 g/mol. The third kappa shape index (κ3) is 1.35. The minimum atomic E-state index is -1.21. The topological polar surface area (TPSA) is 61.2 Å². The molecule has 3 rings (SSSR count). The van der Waals surface area contributed by atoms with Crippen LogP contribution in [-0.4, -0.2) is 11.8 Å². The van der Waals surface area contributed by atoms with Gasteiger partial charge in [-0.2, -0.15) is 5.26 Å². The highest BCUT2D eigenvalue weighted by atomic mass is 35.5. The van der Waals surface area contributed by atoms with Gasteiger partial charge in [-0.3, -0.25) is 9.59 Å². The van der Waals surface area contributed by atoms with Gasteiger partial charge in [-0.25, -0.2) is 4.90 Å². The first-order valence-corrected chi connectivity index (χ1v) is 6.38. The Bertz CT molecular complexity index is 661. The van der Waals surface area contributed by atoms with Crippen LogP contribution >= 0.6 is 23.2 Å². The van der Waals surface area contributed by atoms with Gasteiger partial charge >= 0.3 is 0 Å². The van der Waals surface area contributed by atoms with Crippen molar-refractivity contribution in [3.8, 4) is 6.07 Å². The van der Waals surface area contributed by atoms with Crippen molar-refractivity contribution in [1.82, 2.24) is 0 Å². The van der Waals surface area contributed by atoms with E-state index >= 15 is 0 Å². The molecule has 0 spiro atoms. The van der Waals surface area contributed by atoms with Gasteiger partial charge in [0.25, 0.3) is 5.91 Å². The monoisotopic (exact) mass is 294 g/mol. The van der Waals surface area contributed by atoms with E-state index < -0.39 is 16.7 Å². The van der Waals surface area contributed by atoms with Crippen LogP contribution in [-0.2, 0) is 9.59 Å². The maximum Gasteiger partial charge on any atom is 0.255 e. The summed E-state index contributed by atoms with van der Waals surface area (Å²) in [5.41, 5.74) is -1.80. The Morgan fingerprint density at radius 3 is 2.26 bits per heavy atom. The van der Waals surface area contributed by atoms with Crippen LogP contribution in [0.15, 0.2) is 18.2 Å². The highest BCUT2D eigenvalue weighted by Gasteiger charge is 2.81. The van der Waals surface area contributed by atoms with Crippen molar-refractivity contribution in [1.29, 1.82) is 5.26 Å². The number of imide groups is 1. The van der Waals surface area contributed by atoms with Crippen LogP contribution in [0, 0.1) is 22.2 Å². The molecule has 2 amide bonds. The van der Waals surface area contributed by atoms with Crippen LogP contribution in [0.4, 0.5) is 5.69 Å². The first-order valence-electron chi connectivity index (χ1n) is 5.62. The first kappa shape index (κ1) is 12.5. The van der Waals surface area contributed by atoms with Gasteiger partial charge in [0.1, 0.15) is 0 Å². The first-order chi connectivity index (χ1) is 8.85. The number of rotatable bonds is 1. The Hall–Kier alpha value is -1.57. The molecule has 1 aromatic rings. The molecule has 1 saturated carbocycles. The Balaban J connectivity index is 2.11. The number of halogens is 2. The average Bonchev–Trinajstić information content (AvgIpc) is 2.92. The molecule has 2 aliphatic rings. The lowest BCUT2D eigenvalue weighted by atomic mass is 9.99. The van der Waals surface area contributed by atoms with E-state index in [9.17, 15) is 14.9 Å². The Morgan fingerprint density at radius 2 is 1.79 bits per heavy atom. The second-order valence-corrected chi connectivity index (χ2v) is 5.97. The molecule has 0 aromatic heterocycles. The number of hydrogen-bond acceptors (Lipinski definition) is 3. The van der Waals surface area contributed by atoms with E-state index in [4.69, 9.17) is 23.2 Å². The van der Waals surface area contributed by atoms with E-state index in [1.807, 2.05) is 6.07 Å². The van der Waals surface area contributed by atoms with Crippen LogP contribution in [0.2, 0.25) is 10.0 Å². The van der Waals surface area contributed by atoms with Crippen molar-refractivity contribution in [3.05, 3.63) is 28.2 Å². The summed E-state index contributed by atoms with van der Waals surface area (Å²) in [6.07, 6.45) is 0.291. The molecule has 0 radical (unpaired) electrons. The highest BCUT2D eigenvalue weighted by molar-refractivity contribution is 6.36. The van der Waals surface area contributed by atoms with Crippen molar-refractivity contribution in [2.75, 3.05) is 4.90 Å². The lowest BCUT2D eigenvalue weighted by molar-refractivity contribution is -0.125. The summed E-state index contributed by atoms with van der Waals surface area (Å²) in [5, 5.41) is 9.86. The maximum atomic E-state index is 12.3. The molecule has 0 bridgehead atoms. The number of benzene rings is 1. The molecule has 96 valence electrons. The van der Waals surface area contributed by atoms with Crippen LogP contribution in [0.3, 0.4) is 0 Å². The summed E-state index contributed by atoms with van der Waals surface area (Å²) in [7, 11) is 0. The fourth-order valence-electron chi connectivity index (χ4n) is 2.70. The van der Waals surface area contributed by atoms with E-state index in [-0.39, 0.29) is 5.91 Å². The second kappa shape index (κ2) is 3.50. The molecular formula is C13H8Cl2N2O2. The van der Waals surface area contributed by atoms with Gasteiger partial charge in [-0.05, 0) is 31.5 Å². The van der Waals surface area contributed by atoms with E-state index in [1.165, 1.54) is 18.2 Å². The lowest BCUT2D eigenvalue weighted by Crippen LogP contribution is -2.35. The molecule has 1 heterocycles. The molecule has 1 saturated heterocycles. The van der Waals surface area contributed by atoms with Crippen LogP contribution in [0.5, 0.6) is 0 Å². The predicted molar refractivity (Wildman–Crippen MR) is 69.7 cm³/mol. The number of nitrogens with zero attached hydrogens (tertiary/aromatic N) is 2.